The second-order valence-corrected chi connectivity index (χ2v) is 7.23. The molecule has 1 saturated heterocycles. The van der Waals surface area contributed by atoms with Gasteiger partial charge in [0.1, 0.15) is 17.3 Å². The van der Waals surface area contributed by atoms with Crippen molar-refractivity contribution in [2.24, 2.45) is 0 Å². The van der Waals surface area contributed by atoms with E-state index in [-0.39, 0.29) is 17.9 Å². The molecular formula is C23H18ClNO5. The average Bonchev–Trinajstić information content (AvgIpc) is 3.35. The van der Waals surface area contributed by atoms with E-state index in [0.717, 1.165) is 0 Å². The zero-order valence-corrected chi connectivity index (χ0v) is 16.8. The number of halogens is 1. The van der Waals surface area contributed by atoms with Gasteiger partial charge in [0.25, 0.3) is 11.7 Å². The molecule has 7 heteroatoms. The third-order valence-corrected chi connectivity index (χ3v) is 5.19. The van der Waals surface area contributed by atoms with Crippen LogP contribution in [0.25, 0.3) is 5.76 Å². The first-order valence-corrected chi connectivity index (χ1v) is 9.58. The number of Topliss-reactive ketones (excluding diaryl/α,β-unsaturated/α-hetero) is 1. The fourth-order valence-electron chi connectivity index (χ4n) is 3.56. The molecule has 1 N–H and O–H groups in total. The number of amides is 1. The second-order valence-electron chi connectivity index (χ2n) is 6.79. The number of likely N-dealkylation sites (tertiary alicyclic amines) is 1. The highest BCUT2D eigenvalue weighted by molar-refractivity contribution is 6.46. The predicted molar refractivity (Wildman–Crippen MR) is 111 cm³/mol. The summed E-state index contributed by atoms with van der Waals surface area (Å²) in [5, 5.41) is 11.5. The zero-order chi connectivity index (χ0) is 21.3. The highest BCUT2D eigenvalue weighted by Gasteiger charge is 2.46. The molecule has 0 aliphatic carbocycles. The number of ether oxygens (including phenoxy) is 1. The van der Waals surface area contributed by atoms with Gasteiger partial charge < -0.3 is 19.2 Å². The lowest BCUT2D eigenvalue weighted by molar-refractivity contribution is -0.140. The molecule has 2 aromatic carbocycles. The summed E-state index contributed by atoms with van der Waals surface area (Å²) < 4.78 is 10.6. The molecule has 0 radical (unpaired) electrons. The number of aliphatic hydroxyl groups is 1. The summed E-state index contributed by atoms with van der Waals surface area (Å²) in [5.41, 5.74) is 0.970. The summed E-state index contributed by atoms with van der Waals surface area (Å²) >= 11 is 6.17. The van der Waals surface area contributed by atoms with Crippen LogP contribution < -0.4 is 4.74 Å². The Morgan fingerprint density at radius 2 is 1.93 bits per heavy atom. The van der Waals surface area contributed by atoms with Crippen molar-refractivity contribution in [3.63, 3.8) is 0 Å². The van der Waals surface area contributed by atoms with Crippen LogP contribution in [0.1, 0.15) is 22.9 Å². The minimum Gasteiger partial charge on any atom is -0.507 e. The molecule has 1 unspecified atom stereocenters. The molecule has 4 rings (SSSR count). The lowest BCUT2D eigenvalue weighted by atomic mass is 9.95. The Morgan fingerprint density at radius 1 is 1.13 bits per heavy atom. The highest BCUT2D eigenvalue weighted by atomic mass is 35.5. The van der Waals surface area contributed by atoms with E-state index in [0.29, 0.717) is 27.7 Å². The minimum atomic E-state index is -0.819. The second kappa shape index (κ2) is 8.08. The number of rotatable bonds is 5. The third kappa shape index (κ3) is 3.57. The number of methoxy groups -OCH3 is 1. The molecule has 3 aromatic rings. The Morgan fingerprint density at radius 3 is 2.63 bits per heavy atom. The molecule has 2 heterocycles. The number of carbonyl (C=O) groups is 2. The van der Waals surface area contributed by atoms with Crippen LogP contribution >= 0.6 is 11.6 Å². The maximum atomic E-state index is 13.0. The van der Waals surface area contributed by atoms with E-state index in [4.69, 9.17) is 20.8 Å². The lowest BCUT2D eigenvalue weighted by Crippen LogP contribution is -2.29. The van der Waals surface area contributed by atoms with Gasteiger partial charge in [0, 0.05) is 10.6 Å². The van der Waals surface area contributed by atoms with E-state index in [1.807, 2.05) is 0 Å². The molecule has 0 saturated carbocycles. The van der Waals surface area contributed by atoms with E-state index in [2.05, 4.69) is 0 Å². The normalized spacial score (nSPS) is 18.1. The predicted octanol–water partition coefficient (Wildman–Crippen LogP) is 4.56. The fourth-order valence-corrected chi connectivity index (χ4v) is 3.76. The van der Waals surface area contributed by atoms with Crippen molar-refractivity contribution in [3.05, 3.63) is 94.4 Å². The van der Waals surface area contributed by atoms with Crippen molar-refractivity contribution in [1.82, 2.24) is 4.90 Å². The Bertz CT molecular complexity index is 1140. The molecular weight excluding hydrogens is 406 g/mol. The van der Waals surface area contributed by atoms with Crippen LogP contribution in [0.4, 0.5) is 0 Å². The molecule has 1 aliphatic heterocycles. The summed E-state index contributed by atoms with van der Waals surface area (Å²) in [6.07, 6.45) is 1.50. The van der Waals surface area contributed by atoms with Gasteiger partial charge in [-0.05, 0) is 42.0 Å². The van der Waals surface area contributed by atoms with Gasteiger partial charge in [-0.2, -0.15) is 0 Å². The summed E-state index contributed by atoms with van der Waals surface area (Å²) in [5.74, 6) is -0.736. The van der Waals surface area contributed by atoms with E-state index >= 15 is 0 Å². The largest absolute Gasteiger partial charge is 0.507 e. The van der Waals surface area contributed by atoms with Crippen molar-refractivity contribution in [2.75, 3.05) is 7.11 Å². The van der Waals surface area contributed by atoms with Gasteiger partial charge in [0.2, 0.25) is 0 Å². The number of ketones is 1. The van der Waals surface area contributed by atoms with E-state index in [1.165, 1.54) is 18.3 Å². The molecule has 1 fully saturated rings. The number of carbonyl (C=O) groups excluding carboxylic acids is 2. The molecule has 6 nitrogen and oxygen atoms in total. The third-order valence-electron chi connectivity index (χ3n) is 4.95. The van der Waals surface area contributed by atoms with Gasteiger partial charge in [0.05, 0.1) is 31.5 Å². The van der Waals surface area contributed by atoms with Crippen molar-refractivity contribution in [3.8, 4) is 5.75 Å². The van der Waals surface area contributed by atoms with Crippen LogP contribution in [-0.2, 0) is 16.1 Å². The van der Waals surface area contributed by atoms with Crippen LogP contribution in [0.5, 0.6) is 5.75 Å². The van der Waals surface area contributed by atoms with Gasteiger partial charge >= 0.3 is 0 Å². The molecule has 1 aliphatic rings. The summed E-state index contributed by atoms with van der Waals surface area (Å²) in [6.45, 7) is 0.0731. The van der Waals surface area contributed by atoms with E-state index in [1.54, 1.807) is 60.7 Å². The first-order valence-electron chi connectivity index (χ1n) is 9.20. The highest BCUT2D eigenvalue weighted by Crippen LogP contribution is 2.41. The van der Waals surface area contributed by atoms with Gasteiger partial charge in [-0.25, -0.2) is 0 Å². The van der Waals surface area contributed by atoms with Crippen LogP contribution in [0, 0.1) is 0 Å². The topological polar surface area (TPSA) is 80.0 Å². The SMILES string of the molecule is COc1cccc(C(O)=C2C(=O)C(=O)N(Cc3ccco3)C2c2cccc(Cl)c2)c1. The molecule has 152 valence electrons. The van der Waals surface area contributed by atoms with Crippen molar-refractivity contribution < 1.29 is 23.8 Å². The zero-order valence-electron chi connectivity index (χ0n) is 16.0. The number of hydrogen-bond donors (Lipinski definition) is 1. The first kappa shape index (κ1) is 19.8. The van der Waals surface area contributed by atoms with Crippen LogP contribution in [-0.4, -0.2) is 28.8 Å². The quantitative estimate of drug-likeness (QED) is 0.369. The number of aliphatic hydroxyl groups excluding tert-OH is 1. The minimum absolute atomic E-state index is 0.0120. The van der Waals surface area contributed by atoms with Crippen LogP contribution in [0.3, 0.4) is 0 Å². The Hall–Kier alpha value is -3.51. The fraction of sp³-hybridized carbons (Fsp3) is 0.130. The lowest BCUT2D eigenvalue weighted by Gasteiger charge is -2.24. The standard InChI is InChI=1S/C23H18ClNO5/c1-29-17-8-3-6-15(12-17)21(26)19-20(14-5-2-7-16(24)11-14)25(23(28)22(19)27)13-18-9-4-10-30-18/h2-12,20,26H,13H2,1H3. The molecule has 0 bridgehead atoms. The maximum Gasteiger partial charge on any atom is 0.296 e. The number of benzene rings is 2. The summed E-state index contributed by atoms with van der Waals surface area (Å²) in [7, 11) is 1.51. The molecule has 1 atom stereocenters. The molecule has 1 amide bonds. The van der Waals surface area contributed by atoms with Crippen molar-refractivity contribution in [2.45, 2.75) is 12.6 Å². The molecule has 1 aromatic heterocycles. The number of nitrogens with zero attached hydrogens (tertiary/aromatic N) is 1. The van der Waals surface area contributed by atoms with Crippen LogP contribution in [0.15, 0.2) is 76.9 Å². The molecule has 30 heavy (non-hydrogen) atoms. The Kier molecular flexibility index (Phi) is 5.33. The van der Waals surface area contributed by atoms with Crippen LogP contribution in [0.2, 0.25) is 5.02 Å². The van der Waals surface area contributed by atoms with E-state index < -0.39 is 17.7 Å². The average molecular weight is 424 g/mol. The van der Waals surface area contributed by atoms with Gasteiger partial charge in [0.15, 0.2) is 0 Å². The summed E-state index contributed by atoms with van der Waals surface area (Å²) in [4.78, 5) is 27.3. The summed E-state index contributed by atoms with van der Waals surface area (Å²) in [6, 6.07) is 16.1. The first-order chi connectivity index (χ1) is 14.5. The number of furan rings is 1. The Balaban J connectivity index is 1.88. The smallest absolute Gasteiger partial charge is 0.296 e. The van der Waals surface area contributed by atoms with Gasteiger partial charge in [-0.3, -0.25) is 9.59 Å². The van der Waals surface area contributed by atoms with Crippen molar-refractivity contribution >= 4 is 29.1 Å². The van der Waals surface area contributed by atoms with Gasteiger partial charge in [-0.15, -0.1) is 0 Å². The Labute approximate surface area is 177 Å². The van der Waals surface area contributed by atoms with Gasteiger partial charge in [-0.1, -0.05) is 35.9 Å². The molecule has 0 spiro atoms. The van der Waals surface area contributed by atoms with Crippen molar-refractivity contribution in [1.29, 1.82) is 0 Å². The van der Waals surface area contributed by atoms with E-state index in [9.17, 15) is 14.7 Å². The maximum absolute atomic E-state index is 13.0. The number of hydrogen-bond acceptors (Lipinski definition) is 5. The monoisotopic (exact) mass is 423 g/mol.